The SMILES string of the molecule is COC(=O)c1c(/C=C/C[C@H](C[C@@H]2C[C@H](CCCOCc3ccccc3)OC(C)(C)O2)OCc2ccccc2)cccc1OC. The molecule has 3 atom stereocenters. The van der Waals surface area contributed by atoms with Gasteiger partial charge in [0.05, 0.1) is 45.7 Å². The number of carbonyl (C=O) groups excluding carboxylic acids is 1. The first kappa shape index (κ1) is 33.4. The standard InChI is InChI=1S/C37H46O7/c1-37(2)43-32(21-13-23-41-26-28-14-7-5-8-15-28)25-33(44-37)24-31(42-27-29-16-9-6-10-17-29)20-11-18-30-19-12-22-34(39-3)35(30)36(38)40-4/h5-12,14-19,22,31-33H,13,20-21,23-27H2,1-4H3/b18-11+/t31-,32+,33-/m1/s1. The zero-order chi connectivity index (χ0) is 31.2. The van der Waals surface area contributed by atoms with Crippen LogP contribution in [0.3, 0.4) is 0 Å². The first-order valence-electron chi connectivity index (χ1n) is 15.4. The van der Waals surface area contributed by atoms with Gasteiger partial charge in [-0.1, -0.05) is 84.9 Å². The van der Waals surface area contributed by atoms with Gasteiger partial charge in [-0.2, -0.15) is 0 Å². The number of benzene rings is 3. The lowest BCUT2D eigenvalue weighted by atomic mass is 9.98. The molecule has 0 unspecified atom stereocenters. The highest BCUT2D eigenvalue weighted by Gasteiger charge is 2.36. The minimum absolute atomic E-state index is 0.0226. The van der Waals surface area contributed by atoms with Gasteiger partial charge in [0.2, 0.25) is 0 Å². The van der Waals surface area contributed by atoms with Gasteiger partial charge < -0.3 is 28.4 Å². The second kappa shape index (κ2) is 17.1. The van der Waals surface area contributed by atoms with Crippen molar-refractivity contribution in [2.45, 2.75) is 83.3 Å². The molecule has 3 aromatic rings. The first-order chi connectivity index (χ1) is 21.4. The summed E-state index contributed by atoms with van der Waals surface area (Å²) in [5, 5.41) is 0. The monoisotopic (exact) mass is 602 g/mol. The average Bonchev–Trinajstić information content (AvgIpc) is 3.03. The lowest BCUT2D eigenvalue weighted by Crippen LogP contribution is -2.45. The summed E-state index contributed by atoms with van der Waals surface area (Å²) in [7, 11) is 2.92. The summed E-state index contributed by atoms with van der Waals surface area (Å²) in [4.78, 5) is 12.5. The molecule has 1 saturated heterocycles. The summed E-state index contributed by atoms with van der Waals surface area (Å²) in [5.74, 6) is -0.646. The van der Waals surface area contributed by atoms with E-state index in [1.807, 2.05) is 74.5 Å². The highest BCUT2D eigenvalue weighted by atomic mass is 16.7. The van der Waals surface area contributed by atoms with E-state index in [1.165, 1.54) is 12.7 Å². The summed E-state index contributed by atoms with van der Waals surface area (Å²) < 4.78 is 35.5. The third-order valence-corrected chi connectivity index (χ3v) is 7.57. The van der Waals surface area contributed by atoms with Gasteiger partial charge in [0.1, 0.15) is 11.3 Å². The van der Waals surface area contributed by atoms with Crippen LogP contribution in [0, 0.1) is 0 Å². The molecule has 7 nitrogen and oxygen atoms in total. The minimum atomic E-state index is -0.686. The topological polar surface area (TPSA) is 72.5 Å². The molecular weight excluding hydrogens is 556 g/mol. The quantitative estimate of drug-likeness (QED) is 0.123. The molecule has 0 amide bonds. The molecule has 7 heteroatoms. The van der Waals surface area contributed by atoms with E-state index < -0.39 is 11.8 Å². The van der Waals surface area contributed by atoms with Gasteiger partial charge in [0.15, 0.2) is 5.79 Å². The van der Waals surface area contributed by atoms with Crippen LogP contribution in [-0.4, -0.2) is 50.9 Å². The molecule has 0 aromatic heterocycles. The van der Waals surface area contributed by atoms with Crippen LogP contribution in [0.1, 0.15) is 73.0 Å². The summed E-state index contributed by atoms with van der Waals surface area (Å²) in [6, 6.07) is 25.9. The first-order valence-corrected chi connectivity index (χ1v) is 15.4. The Morgan fingerprint density at radius 2 is 1.59 bits per heavy atom. The van der Waals surface area contributed by atoms with Crippen molar-refractivity contribution < 1.29 is 33.2 Å². The van der Waals surface area contributed by atoms with Crippen molar-refractivity contribution in [2.75, 3.05) is 20.8 Å². The summed E-state index contributed by atoms with van der Waals surface area (Å²) in [6.07, 6.45) is 7.89. The van der Waals surface area contributed by atoms with Crippen LogP contribution in [0.2, 0.25) is 0 Å². The molecule has 0 bridgehead atoms. The number of rotatable bonds is 16. The number of hydrogen-bond donors (Lipinski definition) is 0. The van der Waals surface area contributed by atoms with E-state index in [4.69, 9.17) is 28.4 Å². The summed E-state index contributed by atoms with van der Waals surface area (Å²) >= 11 is 0. The van der Waals surface area contributed by atoms with Crippen molar-refractivity contribution >= 4 is 12.0 Å². The van der Waals surface area contributed by atoms with E-state index in [9.17, 15) is 4.79 Å². The average molecular weight is 603 g/mol. The molecule has 4 rings (SSSR count). The zero-order valence-corrected chi connectivity index (χ0v) is 26.4. The fourth-order valence-electron chi connectivity index (χ4n) is 5.56. The smallest absolute Gasteiger partial charge is 0.342 e. The second-order valence-electron chi connectivity index (χ2n) is 11.5. The van der Waals surface area contributed by atoms with Crippen molar-refractivity contribution in [3.63, 3.8) is 0 Å². The van der Waals surface area contributed by atoms with E-state index in [0.29, 0.717) is 44.0 Å². The van der Waals surface area contributed by atoms with Gasteiger partial charge in [-0.3, -0.25) is 0 Å². The third kappa shape index (κ3) is 10.6. The van der Waals surface area contributed by atoms with Crippen molar-refractivity contribution in [3.05, 3.63) is 107 Å². The lowest BCUT2D eigenvalue weighted by molar-refractivity contribution is -0.304. The van der Waals surface area contributed by atoms with E-state index in [0.717, 1.165) is 30.4 Å². The number of carbonyl (C=O) groups is 1. The molecule has 0 spiro atoms. The molecule has 1 aliphatic heterocycles. The maximum atomic E-state index is 12.5. The van der Waals surface area contributed by atoms with Crippen LogP contribution < -0.4 is 4.74 Å². The number of esters is 1. The van der Waals surface area contributed by atoms with Gasteiger partial charge >= 0.3 is 5.97 Å². The van der Waals surface area contributed by atoms with Crippen LogP contribution in [0.25, 0.3) is 6.08 Å². The Bertz CT molecular complexity index is 1310. The molecule has 44 heavy (non-hydrogen) atoms. The molecule has 0 radical (unpaired) electrons. The number of methoxy groups -OCH3 is 2. The van der Waals surface area contributed by atoms with Crippen LogP contribution in [-0.2, 0) is 36.9 Å². The largest absolute Gasteiger partial charge is 0.496 e. The zero-order valence-electron chi connectivity index (χ0n) is 26.4. The second-order valence-corrected chi connectivity index (χ2v) is 11.5. The molecule has 0 aliphatic carbocycles. The van der Waals surface area contributed by atoms with Crippen LogP contribution >= 0.6 is 0 Å². The molecule has 236 valence electrons. The summed E-state index contributed by atoms with van der Waals surface area (Å²) in [5.41, 5.74) is 3.43. The molecule has 0 N–H and O–H groups in total. The Hall–Kier alpha value is -3.49. The predicted molar refractivity (Wildman–Crippen MR) is 171 cm³/mol. The van der Waals surface area contributed by atoms with Crippen molar-refractivity contribution in [1.82, 2.24) is 0 Å². The Morgan fingerprint density at radius 3 is 2.27 bits per heavy atom. The van der Waals surface area contributed by atoms with Gasteiger partial charge in [-0.15, -0.1) is 0 Å². The Balaban J connectivity index is 1.38. The maximum Gasteiger partial charge on any atom is 0.342 e. The molecule has 1 fully saturated rings. The van der Waals surface area contributed by atoms with Gasteiger partial charge in [0.25, 0.3) is 0 Å². The highest BCUT2D eigenvalue weighted by molar-refractivity contribution is 5.96. The van der Waals surface area contributed by atoms with Gasteiger partial charge in [-0.05, 0) is 55.9 Å². The van der Waals surface area contributed by atoms with Crippen LogP contribution in [0.5, 0.6) is 5.75 Å². The normalized spacial score (nSPS) is 18.6. The van der Waals surface area contributed by atoms with Crippen LogP contribution in [0.4, 0.5) is 0 Å². The van der Waals surface area contributed by atoms with E-state index in [2.05, 4.69) is 24.3 Å². The lowest BCUT2D eigenvalue weighted by Gasteiger charge is -2.42. The Labute approximate surface area is 262 Å². The molecule has 3 aromatic carbocycles. The Kier molecular flexibility index (Phi) is 13.0. The van der Waals surface area contributed by atoms with Crippen molar-refractivity contribution in [1.29, 1.82) is 0 Å². The van der Waals surface area contributed by atoms with Crippen molar-refractivity contribution in [2.24, 2.45) is 0 Å². The van der Waals surface area contributed by atoms with Crippen LogP contribution in [0.15, 0.2) is 84.9 Å². The van der Waals surface area contributed by atoms with Crippen molar-refractivity contribution in [3.8, 4) is 5.75 Å². The molecule has 1 heterocycles. The predicted octanol–water partition coefficient (Wildman–Crippen LogP) is 7.77. The highest BCUT2D eigenvalue weighted by Crippen LogP contribution is 2.32. The summed E-state index contributed by atoms with van der Waals surface area (Å²) in [6.45, 7) is 5.77. The van der Waals surface area contributed by atoms with Gasteiger partial charge in [-0.25, -0.2) is 4.79 Å². The maximum absolute atomic E-state index is 12.5. The van der Waals surface area contributed by atoms with E-state index >= 15 is 0 Å². The minimum Gasteiger partial charge on any atom is -0.496 e. The Morgan fingerprint density at radius 1 is 0.909 bits per heavy atom. The molecular formula is C37H46O7. The fourth-order valence-corrected chi connectivity index (χ4v) is 5.56. The van der Waals surface area contributed by atoms with E-state index in [1.54, 1.807) is 13.2 Å². The number of ether oxygens (including phenoxy) is 6. The molecule has 1 aliphatic rings. The molecule has 0 saturated carbocycles. The fraction of sp³-hybridized carbons (Fsp3) is 0.432. The number of hydrogen-bond acceptors (Lipinski definition) is 7. The third-order valence-electron chi connectivity index (χ3n) is 7.57. The van der Waals surface area contributed by atoms with E-state index in [-0.39, 0.29) is 18.3 Å². The van der Waals surface area contributed by atoms with Gasteiger partial charge in [0, 0.05) is 19.4 Å².